The maximum absolute atomic E-state index is 12.7. The number of hydrogen-bond acceptors (Lipinski definition) is 4. The largest absolute Gasteiger partial charge is 0.487 e. The van der Waals surface area contributed by atoms with E-state index in [0.717, 1.165) is 12.1 Å². The predicted octanol–water partition coefficient (Wildman–Crippen LogP) is 1.97. The highest BCUT2D eigenvalue weighted by Crippen LogP contribution is 2.31. The van der Waals surface area contributed by atoms with Crippen LogP contribution in [0.25, 0.3) is 0 Å². The first-order valence-corrected chi connectivity index (χ1v) is 8.23. The number of amides is 2. The summed E-state index contributed by atoms with van der Waals surface area (Å²) in [5.74, 6) is -0.375. The molecule has 1 aliphatic rings. The van der Waals surface area contributed by atoms with Gasteiger partial charge in [-0.1, -0.05) is 6.07 Å². The Hall–Kier alpha value is -3.04. The van der Waals surface area contributed by atoms with Crippen LogP contribution in [-0.4, -0.2) is 46.5 Å². The Morgan fingerprint density at radius 2 is 2.07 bits per heavy atom. The molecule has 0 radical (unpaired) electrons. The average molecular weight is 382 g/mol. The molecule has 3 rings (SSSR count). The number of aromatic amines is 1. The lowest BCUT2D eigenvalue weighted by molar-refractivity contribution is -0.137. The van der Waals surface area contributed by atoms with Crippen LogP contribution in [0.4, 0.5) is 13.2 Å². The molecule has 0 unspecified atom stereocenters. The van der Waals surface area contributed by atoms with Crippen molar-refractivity contribution in [3.8, 4) is 5.75 Å². The molecule has 0 bridgehead atoms. The third-order valence-corrected chi connectivity index (χ3v) is 4.01. The molecule has 2 N–H and O–H groups in total. The van der Waals surface area contributed by atoms with Crippen molar-refractivity contribution in [3.63, 3.8) is 0 Å². The van der Waals surface area contributed by atoms with Crippen LogP contribution in [0.15, 0.2) is 30.3 Å². The monoisotopic (exact) mass is 382 g/mol. The van der Waals surface area contributed by atoms with E-state index in [1.54, 1.807) is 0 Å². The summed E-state index contributed by atoms with van der Waals surface area (Å²) in [4.78, 5) is 25.3. The average Bonchev–Trinajstić information content (AvgIpc) is 3.00. The number of carbonyl (C=O) groups excluding carboxylic acids is 2. The van der Waals surface area contributed by atoms with E-state index in [9.17, 15) is 22.8 Å². The number of rotatable bonds is 4. The van der Waals surface area contributed by atoms with Crippen molar-refractivity contribution >= 4 is 11.8 Å². The third kappa shape index (κ3) is 4.78. The minimum atomic E-state index is -4.45. The highest BCUT2D eigenvalue weighted by Gasteiger charge is 2.30. The minimum Gasteiger partial charge on any atom is -0.487 e. The van der Waals surface area contributed by atoms with Gasteiger partial charge in [0, 0.05) is 26.1 Å². The van der Waals surface area contributed by atoms with E-state index in [-0.39, 0.29) is 36.3 Å². The van der Waals surface area contributed by atoms with E-state index in [1.165, 1.54) is 23.1 Å². The third-order valence-electron chi connectivity index (χ3n) is 4.01. The predicted molar refractivity (Wildman–Crippen MR) is 87.9 cm³/mol. The number of carbonyl (C=O) groups is 2. The highest BCUT2D eigenvalue weighted by atomic mass is 19.4. The molecule has 2 amide bonds. The van der Waals surface area contributed by atoms with Crippen LogP contribution in [0.3, 0.4) is 0 Å². The van der Waals surface area contributed by atoms with E-state index in [2.05, 4.69) is 15.5 Å². The molecule has 27 heavy (non-hydrogen) atoms. The van der Waals surface area contributed by atoms with Gasteiger partial charge in [0.15, 0.2) is 5.69 Å². The minimum absolute atomic E-state index is 0.0596. The molecule has 0 saturated carbocycles. The van der Waals surface area contributed by atoms with E-state index in [0.29, 0.717) is 25.3 Å². The van der Waals surface area contributed by atoms with Gasteiger partial charge in [0.05, 0.1) is 11.3 Å². The Bertz CT molecular complexity index is 835. The van der Waals surface area contributed by atoms with Crippen molar-refractivity contribution in [2.75, 3.05) is 19.6 Å². The maximum Gasteiger partial charge on any atom is 0.416 e. The summed E-state index contributed by atoms with van der Waals surface area (Å²) >= 11 is 0. The van der Waals surface area contributed by atoms with E-state index in [1.807, 2.05) is 0 Å². The molecule has 2 heterocycles. The molecule has 0 atom stereocenters. The molecule has 7 nitrogen and oxygen atoms in total. The fraction of sp³-hybridized carbons (Fsp3) is 0.353. The van der Waals surface area contributed by atoms with Gasteiger partial charge in [0.2, 0.25) is 5.91 Å². The normalized spacial score (nSPS) is 15.2. The summed E-state index contributed by atoms with van der Waals surface area (Å²) < 4.78 is 43.5. The molecule has 0 aliphatic carbocycles. The van der Waals surface area contributed by atoms with Crippen LogP contribution in [0.1, 0.15) is 28.2 Å². The number of H-pyrrole nitrogens is 1. The molecular weight excluding hydrogens is 365 g/mol. The highest BCUT2D eigenvalue weighted by molar-refractivity contribution is 5.93. The Kier molecular flexibility index (Phi) is 5.33. The Morgan fingerprint density at radius 1 is 1.26 bits per heavy atom. The zero-order valence-corrected chi connectivity index (χ0v) is 14.2. The fourth-order valence-electron chi connectivity index (χ4n) is 2.60. The number of benzene rings is 1. The molecule has 10 heteroatoms. The first-order valence-electron chi connectivity index (χ1n) is 8.23. The van der Waals surface area contributed by atoms with Crippen molar-refractivity contribution < 1.29 is 27.5 Å². The van der Waals surface area contributed by atoms with Gasteiger partial charge in [0.25, 0.3) is 5.91 Å². The summed E-state index contributed by atoms with van der Waals surface area (Å²) in [6, 6.07) is 6.02. The number of nitrogens with zero attached hydrogens (tertiary/aromatic N) is 2. The van der Waals surface area contributed by atoms with Gasteiger partial charge in [0.1, 0.15) is 12.4 Å². The molecule has 1 aliphatic heterocycles. The van der Waals surface area contributed by atoms with Crippen LogP contribution < -0.4 is 10.1 Å². The Balaban J connectivity index is 1.61. The van der Waals surface area contributed by atoms with Crippen LogP contribution in [0.2, 0.25) is 0 Å². The quantitative estimate of drug-likeness (QED) is 0.847. The number of ether oxygens (including phenoxy) is 1. The second-order valence-corrected chi connectivity index (χ2v) is 5.98. The van der Waals surface area contributed by atoms with Gasteiger partial charge in [-0.15, -0.1) is 0 Å². The van der Waals surface area contributed by atoms with Crippen LogP contribution in [0, 0.1) is 0 Å². The lowest BCUT2D eigenvalue weighted by Gasteiger charge is -2.17. The SMILES string of the molecule is O=C1CCN(C(=O)c2cc(COc3cccc(C(F)(F)F)c3)[nH]n2)CCN1. The van der Waals surface area contributed by atoms with Crippen LogP contribution >= 0.6 is 0 Å². The number of aromatic nitrogens is 2. The number of alkyl halides is 3. The summed E-state index contributed by atoms with van der Waals surface area (Å²) in [7, 11) is 0. The van der Waals surface area contributed by atoms with E-state index >= 15 is 0 Å². The van der Waals surface area contributed by atoms with Gasteiger partial charge >= 0.3 is 6.18 Å². The number of nitrogens with one attached hydrogen (secondary N) is 2. The van der Waals surface area contributed by atoms with Crippen molar-refractivity contribution in [2.45, 2.75) is 19.2 Å². The summed E-state index contributed by atoms with van der Waals surface area (Å²) in [6.45, 7) is 0.989. The fourth-order valence-corrected chi connectivity index (χ4v) is 2.60. The number of hydrogen-bond donors (Lipinski definition) is 2. The summed E-state index contributed by atoms with van der Waals surface area (Å²) in [5.41, 5.74) is -0.198. The standard InChI is InChI=1S/C17H17F3N4O3/c18-17(19,20)11-2-1-3-13(8-11)27-10-12-9-14(23-22-12)16(26)24-6-4-15(25)21-5-7-24/h1-3,8-9H,4-7,10H2,(H,21,25)(H,22,23). The zero-order chi connectivity index (χ0) is 19.4. The lowest BCUT2D eigenvalue weighted by Crippen LogP contribution is -2.34. The molecule has 0 spiro atoms. The molecule has 1 saturated heterocycles. The molecule has 1 aromatic heterocycles. The van der Waals surface area contributed by atoms with Gasteiger partial charge in [-0.2, -0.15) is 18.3 Å². The van der Waals surface area contributed by atoms with Gasteiger partial charge in [-0.25, -0.2) is 0 Å². The van der Waals surface area contributed by atoms with Crippen molar-refractivity contribution in [2.24, 2.45) is 0 Å². The Morgan fingerprint density at radius 3 is 2.85 bits per heavy atom. The van der Waals surface area contributed by atoms with E-state index < -0.39 is 11.7 Å². The molecule has 1 aromatic carbocycles. The zero-order valence-electron chi connectivity index (χ0n) is 14.2. The van der Waals surface area contributed by atoms with Crippen molar-refractivity contribution in [3.05, 3.63) is 47.3 Å². The second kappa shape index (κ2) is 7.68. The smallest absolute Gasteiger partial charge is 0.416 e. The lowest BCUT2D eigenvalue weighted by atomic mass is 10.2. The Labute approximate surface area is 152 Å². The molecule has 144 valence electrons. The van der Waals surface area contributed by atoms with Gasteiger partial charge in [-0.05, 0) is 24.3 Å². The first kappa shape index (κ1) is 18.7. The van der Waals surface area contributed by atoms with E-state index in [4.69, 9.17) is 4.74 Å². The molecule has 1 fully saturated rings. The molecular formula is C17H17F3N4O3. The maximum atomic E-state index is 12.7. The second-order valence-electron chi connectivity index (χ2n) is 5.98. The topological polar surface area (TPSA) is 87.3 Å². The molecule has 2 aromatic rings. The number of halogens is 3. The summed E-state index contributed by atoms with van der Waals surface area (Å²) in [5, 5.41) is 9.24. The van der Waals surface area contributed by atoms with Crippen molar-refractivity contribution in [1.29, 1.82) is 0 Å². The van der Waals surface area contributed by atoms with Crippen LogP contribution in [0.5, 0.6) is 5.75 Å². The van der Waals surface area contributed by atoms with Crippen molar-refractivity contribution in [1.82, 2.24) is 20.4 Å². The van der Waals surface area contributed by atoms with Crippen LogP contribution in [-0.2, 0) is 17.6 Å². The van der Waals surface area contributed by atoms with Gasteiger partial charge in [-0.3, -0.25) is 14.7 Å². The van der Waals surface area contributed by atoms with Gasteiger partial charge < -0.3 is 15.0 Å². The summed E-state index contributed by atoms with van der Waals surface area (Å²) in [6.07, 6.45) is -4.22. The first-order chi connectivity index (χ1) is 12.8.